The second kappa shape index (κ2) is 13.9. The molecule has 0 spiro atoms. The molecule has 1 heteroatoms. The van der Waals surface area contributed by atoms with E-state index in [0.29, 0.717) is 5.76 Å². The fourth-order valence-electron chi connectivity index (χ4n) is 1.22. The Hall–Kier alpha value is -1.50. The molecule has 1 aromatic carbocycles. The van der Waals surface area contributed by atoms with Crippen molar-refractivity contribution in [3.05, 3.63) is 53.8 Å². The molecule has 20 heavy (non-hydrogen) atoms. The summed E-state index contributed by atoms with van der Waals surface area (Å²) >= 11 is 0. The van der Waals surface area contributed by atoms with Crippen molar-refractivity contribution in [2.75, 3.05) is 0 Å². The lowest BCUT2D eigenvalue weighted by atomic mass is 10.2. The maximum atomic E-state index is 5.27. The third-order valence-electron chi connectivity index (χ3n) is 1.93. The lowest BCUT2D eigenvalue weighted by Crippen LogP contribution is -1.87. The summed E-state index contributed by atoms with van der Waals surface area (Å²) in [6.07, 6.45) is 4.63. The smallest absolute Gasteiger partial charge is 0.126 e. The van der Waals surface area contributed by atoms with E-state index in [0.717, 1.165) is 5.75 Å². The summed E-state index contributed by atoms with van der Waals surface area (Å²) in [5, 5.41) is 0. The highest BCUT2D eigenvalue weighted by Crippen LogP contribution is 2.13. The largest absolute Gasteiger partial charge is 0.463 e. The van der Waals surface area contributed by atoms with Crippen LogP contribution in [0.2, 0.25) is 0 Å². The van der Waals surface area contributed by atoms with Crippen LogP contribution in [0.4, 0.5) is 0 Å². The highest BCUT2D eigenvalue weighted by molar-refractivity contribution is 5.27. The number of rotatable bonds is 3. The first-order chi connectivity index (χ1) is 9.37. The predicted octanol–water partition coefficient (Wildman–Crippen LogP) is 6.69. The maximum Gasteiger partial charge on any atom is 0.126 e. The van der Waals surface area contributed by atoms with Crippen molar-refractivity contribution in [2.24, 2.45) is 0 Å². The lowest BCUT2D eigenvalue weighted by molar-refractivity contribution is 0.430. The molecule has 0 heterocycles. The molecule has 0 unspecified atom stereocenters. The Bertz CT molecular complexity index is 367. The monoisotopic (exact) mass is 276 g/mol. The number of hydrogen-bond donors (Lipinski definition) is 0. The van der Waals surface area contributed by atoms with Crippen LogP contribution in [0.1, 0.15) is 59.9 Å². The fourth-order valence-corrected chi connectivity index (χ4v) is 1.22. The number of allylic oxidation sites excluding steroid dienone is 3. The Morgan fingerprint density at radius 2 is 1.50 bits per heavy atom. The molecular formula is C19H32O. The van der Waals surface area contributed by atoms with Gasteiger partial charge >= 0.3 is 0 Å². The number of aryl methyl sites for hydroxylation is 1. The van der Waals surface area contributed by atoms with E-state index in [-0.39, 0.29) is 0 Å². The summed E-state index contributed by atoms with van der Waals surface area (Å²) in [5.41, 5.74) is 2.65. The van der Waals surface area contributed by atoms with Crippen LogP contribution in [-0.4, -0.2) is 0 Å². The van der Waals surface area contributed by atoms with Crippen molar-refractivity contribution in [1.82, 2.24) is 0 Å². The van der Waals surface area contributed by atoms with Gasteiger partial charge in [0.25, 0.3) is 0 Å². The minimum atomic E-state index is 0.717. The van der Waals surface area contributed by atoms with E-state index in [1.54, 1.807) is 0 Å². The molecule has 0 aliphatic heterocycles. The topological polar surface area (TPSA) is 9.23 Å². The van der Waals surface area contributed by atoms with Crippen LogP contribution in [0.15, 0.2) is 48.3 Å². The maximum absolute atomic E-state index is 5.27. The first-order valence-corrected chi connectivity index (χ1v) is 7.40. The molecular weight excluding hydrogens is 244 g/mol. The van der Waals surface area contributed by atoms with Gasteiger partial charge in [-0.3, -0.25) is 0 Å². The van der Waals surface area contributed by atoms with E-state index in [1.807, 2.05) is 38.1 Å². The zero-order chi connectivity index (χ0) is 16.0. The lowest BCUT2D eigenvalue weighted by Gasteiger charge is -2.03. The molecule has 0 bridgehead atoms. The van der Waals surface area contributed by atoms with Gasteiger partial charge in [-0.2, -0.15) is 0 Å². The summed E-state index contributed by atoms with van der Waals surface area (Å²) < 4.78 is 5.27. The molecule has 0 saturated heterocycles. The van der Waals surface area contributed by atoms with Crippen molar-refractivity contribution in [2.45, 2.75) is 61.3 Å². The van der Waals surface area contributed by atoms with Crippen molar-refractivity contribution in [3.8, 4) is 5.75 Å². The fraction of sp³-hybridized carbons (Fsp3) is 0.474. The van der Waals surface area contributed by atoms with Crippen LogP contribution >= 0.6 is 0 Å². The van der Waals surface area contributed by atoms with Gasteiger partial charge in [-0.15, -0.1) is 0 Å². The van der Waals surface area contributed by atoms with Gasteiger partial charge in [0, 0.05) is 0 Å². The normalized spacial score (nSPS) is 8.35. The van der Waals surface area contributed by atoms with Crippen LogP contribution in [0.5, 0.6) is 5.75 Å². The van der Waals surface area contributed by atoms with Gasteiger partial charge in [0.15, 0.2) is 0 Å². The van der Waals surface area contributed by atoms with E-state index in [1.165, 1.54) is 24.0 Å². The van der Waals surface area contributed by atoms with Crippen LogP contribution < -0.4 is 4.74 Å². The van der Waals surface area contributed by atoms with Crippen LogP contribution in [0.3, 0.4) is 0 Å². The Labute approximate surface area is 126 Å². The van der Waals surface area contributed by atoms with E-state index in [4.69, 9.17) is 4.74 Å². The molecule has 0 amide bonds. The number of benzene rings is 1. The van der Waals surface area contributed by atoms with Crippen LogP contribution in [0.25, 0.3) is 0 Å². The Morgan fingerprint density at radius 1 is 1.05 bits per heavy atom. The average molecular weight is 276 g/mol. The third-order valence-corrected chi connectivity index (χ3v) is 1.93. The highest BCUT2D eigenvalue weighted by atomic mass is 16.5. The molecule has 1 aromatic rings. The number of hydrogen-bond acceptors (Lipinski definition) is 1. The van der Waals surface area contributed by atoms with E-state index in [9.17, 15) is 0 Å². The van der Waals surface area contributed by atoms with Crippen molar-refractivity contribution < 1.29 is 4.74 Å². The van der Waals surface area contributed by atoms with Gasteiger partial charge in [-0.25, -0.2) is 0 Å². The minimum absolute atomic E-state index is 0.717. The molecule has 0 aliphatic rings. The van der Waals surface area contributed by atoms with E-state index in [2.05, 4.69) is 47.3 Å². The number of ether oxygens (including phenoxy) is 1. The predicted molar refractivity (Wildman–Crippen MR) is 92.3 cm³/mol. The Kier molecular flexibility index (Phi) is 14.5. The first-order valence-electron chi connectivity index (χ1n) is 7.40. The standard InChI is InChI=1S/C10H12O.C6H12.C3H8/c1-8(2)11-10-6-4-9(3)5-7-10;1-4-5-6(2)3;1-3-2/h4-7H,1H2,2-3H3;5H,4H2,1-3H3;3H2,1-2H3. The summed E-state index contributed by atoms with van der Waals surface area (Å²) in [6, 6.07) is 7.89. The molecule has 114 valence electrons. The summed E-state index contributed by atoms with van der Waals surface area (Å²) in [7, 11) is 0. The highest BCUT2D eigenvalue weighted by Gasteiger charge is 1.91. The second-order valence-electron chi connectivity index (χ2n) is 5.01. The SMILES string of the molecule is C=C(C)Oc1ccc(C)cc1.CCC.CCC=C(C)C. The van der Waals surface area contributed by atoms with Crippen molar-refractivity contribution in [1.29, 1.82) is 0 Å². The van der Waals surface area contributed by atoms with Crippen molar-refractivity contribution in [3.63, 3.8) is 0 Å². The van der Waals surface area contributed by atoms with Gasteiger partial charge < -0.3 is 4.74 Å². The average Bonchev–Trinajstić information content (AvgIpc) is 2.33. The van der Waals surface area contributed by atoms with Crippen LogP contribution in [-0.2, 0) is 0 Å². The van der Waals surface area contributed by atoms with Gasteiger partial charge in [-0.1, -0.05) is 63.1 Å². The minimum Gasteiger partial charge on any atom is -0.463 e. The molecule has 0 radical (unpaired) electrons. The van der Waals surface area contributed by atoms with Gasteiger partial charge in [0.2, 0.25) is 0 Å². The summed E-state index contributed by atoms with van der Waals surface area (Å²) in [6.45, 7) is 18.2. The van der Waals surface area contributed by atoms with Crippen molar-refractivity contribution >= 4 is 0 Å². The van der Waals surface area contributed by atoms with Gasteiger partial charge in [0.1, 0.15) is 5.75 Å². The Morgan fingerprint density at radius 3 is 1.75 bits per heavy atom. The molecule has 0 aromatic heterocycles. The molecule has 1 rings (SSSR count). The molecule has 0 N–H and O–H groups in total. The van der Waals surface area contributed by atoms with Gasteiger partial charge in [-0.05, 0) is 46.2 Å². The van der Waals surface area contributed by atoms with E-state index < -0.39 is 0 Å². The zero-order valence-corrected chi connectivity index (χ0v) is 14.4. The van der Waals surface area contributed by atoms with Gasteiger partial charge in [0.05, 0.1) is 5.76 Å². The van der Waals surface area contributed by atoms with E-state index >= 15 is 0 Å². The summed E-state index contributed by atoms with van der Waals surface area (Å²) in [5.74, 6) is 1.57. The van der Waals surface area contributed by atoms with Crippen LogP contribution in [0, 0.1) is 6.92 Å². The molecule has 1 nitrogen and oxygen atoms in total. The summed E-state index contributed by atoms with van der Waals surface area (Å²) in [4.78, 5) is 0. The molecule has 0 fully saturated rings. The zero-order valence-electron chi connectivity index (χ0n) is 14.4. The second-order valence-corrected chi connectivity index (χ2v) is 5.01. The third kappa shape index (κ3) is 16.5. The quantitative estimate of drug-likeness (QED) is 0.441. The molecule has 0 saturated carbocycles. The molecule has 0 aliphatic carbocycles. The first kappa shape index (κ1) is 20.8. The Balaban J connectivity index is 0. The molecule has 0 atom stereocenters.